The Morgan fingerprint density at radius 1 is 1.23 bits per heavy atom. The fourth-order valence-corrected chi connectivity index (χ4v) is 1.96. The van der Waals surface area contributed by atoms with Crippen molar-refractivity contribution in [1.82, 2.24) is 15.5 Å². The van der Waals surface area contributed by atoms with Crippen LogP contribution in [0.5, 0.6) is 11.5 Å². The van der Waals surface area contributed by atoms with Gasteiger partial charge in [-0.25, -0.2) is 0 Å². The van der Waals surface area contributed by atoms with E-state index in [0.717, 1.165) is 0 Å². The van der Waals surface area contributed by atoms with Crippen LogP contribution in [0, 0.1) is 0 Å². The van der Waals surface area contributed by atoms with Crippen molar-refractivity contribution in [2.24, 2.45) is 0 Å². The fraction of sp³-hybridized carbons (Fsp3) is 0.214. The average molecular weight is 302 g/mol. The van der Waals surface area contributed by atoms with Gasteiger partial charge in [-0.2, -0.15) is 5.10 Å². The first-order chi connectivity index (χ1) is 10.7. The van der Waals surface area contributed by atoms with Crippen molar-refractivity contribution in [3.8, 4) is 11.5 Å². The standard InChI is InChI=1S/C14H14N4O4/c19-13(14(20)17-12-5-6-16-18-12)15-7-9-8-21-10-3-1-2-4-11(10)22-9/h1-6,9H,7-8H2,(H,15,19)(H2,16,17,18,20)/t9-/m0/s1. The average Bonchev–Trinajstić information content (AvgIpc) is 3.05. The maximum Gasteiger partial charge on any atom is 0.314 e. The lowest BCUT2D eigenvalue weighted by Gasteiger charge is -2.26. The Hall–Kier alpha value is -3.03. The third kappa shape index (κ3) is 3.17. The number of rotatable bonds is 3. The Morgan fingerprint density at radius 2 is 2.05 bits per heavy atom. The summed E-state index contributed by atoms with van der Waals surface area (Å²) in [6.45, 7) is 0.475. The molecule has 8 heteroatoms. The highest BCUT2D eigenvalue weighted by Gasteiger charge is 2.22. The van der Waals surface area contributed by atoms with Crippen LogP contribution in [0.15, 0.2) is 36.5 Å². The van der Waals surface area contributed by atoms with Crippen LogP contribution >= 0.6 is 0 Å². The maximum absolute atomic E-state index is 11.7. The number of fused-ring (bicyclic) bond motifs is 1. The number of nitrogens with zero attached hydrogens (tertiary/aromatic N) is 1. The quantitative estimate of drug-likeness (QED) is 0.707. The van der Waals surface area contributed by atoms with Crippen LogP contribution in [0.1, 0.15) is 0 Å². The number of H-pyrrole nitrogens is 1. The SMILES string of the molecule is O=C(NC[C@H]1COc2ccccc2O1)C(=O)Nc1ccn[nH]1. The van der Waals surface area contributed by atoms with Gasteiger partial charge >= 0.3 is 11.8 Å². The molecule has 1 aliphatic rings. The number of carbonyl (C=O) groups is 2. The van der Waals surface area contributed by atoms with E-state index < -0.39 is 11.8 Å². The molecule has 1 aromatic carbocycles. The van der Waals surface area contributed by atoms with Gasteiger partial charge in [0.05, 0.1) is 12.7 Å². The molecule has 0 unspecified atom stereocenters. The predicted molar refractivity (Wildman–Crippen MR) is 76.6 cm³/mol. The molecule has 2 heterocycles. The molecule has 3 N–H and O–H groups in total. The maximum atomic E-state index is 11.7. The monoisotopic (exact) mass is 302 g/mol. The normalized spacial score (nSPS) is 15.9. The molecule has 114 valence electrons. The molecule has 1 aromatic heterocycles. The van der Waals surface area contributed by atoms with Crippen LogP contribution in [-0.2, 0) is 9.59 Å². The number of benzene rings is 1. The van der Waals surface area contributed by atoms with E-state index in [-0.39, 0.29) is 12.6 Å². The zero-order valence-electron chi connectivity index (χ0n) is 11.5. The topological polar surface area (TPSA) is 105 Å². The summed E-state index contributed by atoms with van der Waals surface area (Å²) in [4.78, 5) is 23.3. The number of carbonyl (C=O) groups excluding carboxylic acids is 2. The molecule has 1 atom stereocenters. The molecule has 0 aliphatic carbocycles. The van der Waals surface area contributed by atoms with E-state index >= 15 is 0 Å². The Balaban J connectivity index is 1.48. The third-order valence-corrected chi connectivity index (χ3v) is 3.01. The molecule has 0 fully saturated rings. The zero-order valence-corrected chi connectivity index (χ0v) is 11.5. The van der Waals surface area contributed by atoms with Crippen molar-refractivity contribution in [1.29, 1.82) is 0 Å². The van der Waals surface area contributed by atoms with Gasteiger partial charge in [0, 0.05) is 6.07 Å². The van der Waals surface area contributed by atoms with Crippen molar-refractivity contribution in [2.45, 2.75) is 6.10 Å². The van der Waals surface area contributed by atoms with Crippen LogP contribution in [-0.4, -0.2) is 41.3 Å². The zero-order chi connectivity index (χ0) is 15.4. The molecule has 2 amide bonds. The molecular formula is C14H14N4O4. The number of aromatic nitrogens is 2. The summed E-state index contributed by atoms with van der Waals surface area (Å²) in [5.74, 6) is 0.113. The largest absolute Gasteiger partial charge is 0.486 e. The van der Waals surface area contributed by atoms with E-state index in [1.54, 1.807) is 12.1 Å². The van der Waals surface area contributed by atoms with E-state index in [2.05, 4.69) is 20.8 Å². The summed E-state index contributed by atoms with van der Waals surface area (Å²) < 4.78 is 11.2. The number of nitrogens with one attached hydrogen (secondary N) is 3. The molecule has 0 saturated carbocycles. The lowest BCUT2D eigenvalue weighted by Crippen LogP contribution is -2.44. The molecule has 22 heavy (non-hydrogen) atoms. The van der Waals surface area contributed by atoms with Crippen LogP contribution in [0.2, 0.25) is 0 Å². The minimum Gasteiger partial charge on any atom is -0.486 e. The van der Waals surface area contributed by atoms with Gasteiger partial charge in [0.1, 0.15) is 18.5 Å². The third-order valence-electron chi connectivity index (χ3n) is 3.01. The van der Waals surface area contributed by atoms with E-state index in [4.69, 9.17) is 9.47 Å². The molecular weight excluding hydrogens is 288 g/mol. The molecule has 2 aromatic rings. The predicted octanol–water partition coefficient (Wildman–Crippen LogP) is 0.304. The van der Waals surface area contributed by atoms with Gasteiger partial charge in [-0.3, -0.25) is 14.7 Å². The molecule has 0 radical (unpaired) electrons. The number of para-hydroxylation sites is 2. The molecule has 0 spiro atoms. The van der Waals surface area contributed by atoms with Gasteiger partial charge in [-0.1, -0.05) is 12.1 Å². The highest BCUT2D eigenvalue weighted by molar-refractivity contribution is 6.39. The summed E-state index contributed by atoms with van der Waals surface area (Å²) >= 11 is 0. The van der Waals surface area contributed by atoms with Crippen molar-refractivity contribution >= 4 is 17.6 Å². The van der Waals surface area contributed by atoms with Crippen molar-refractivity contribution in [3.05, 3.63) is 36.5 Å². The molecule has 8 nitrogen and oxygen atoms in total. The molecule has 1 aliphatic heterocycles. The summed E-state index contributed by atoms with van der Waals surface area (Å²) in [5, 5.41) is 11.1. The van der Waals surface area contributed by atoms with Crippen molar-refractivity contribution in [3.63, 3.8) is 0 Å². The van der Waals surface area contributed by atoms with Crippen LogP contribution < -0.4 is 20.1 Å². The molecule has 0 bridgehead atoms. The summed E-state index contributed by atoms with van der Waals surface area (Å²) in [6, 6.07) is 8.82. The number of hydrogen-bond acceptors (Lipinski definition) is 5. The first-order valence-electron chi connectivity index (χ1n) is 6.69. The smallest absolute Gasteiger partial charge is 0.314 e. The number of anilines is 1. The second-order valence-corrected chi connectivity index (χ2v) is 4.63. The van der Waals surface area contributed by atoms with Crippen molar-refractivity contribution < 1.29 is 19.1 Å². The first-order valence-corrected chi connectivity index (χ1v) is 6.69. The second kappa shape index (κ2) is 6.17. The lowest BCUT2D eigenvalue weighted by atomic mass is 10.2. The Morgan fingerprint density at radius 3 is 2.82 bits per heavy atom. The number of ether oxygens (including phenoxy) is 2. The van der Waals surface area contributed by atoms with Gasteiger partial charge in [-0.15, -0.1) is 0 Å². The fourth-order valence-electron chi connectivity index (χ4n) is 1.96. The Labute approximate surface area is 125 Å². The summed E-state index contributed by atoms with van der Waals surface area (Å²) in [7, 11) is 0. The van der Waals surface area contributed by atoms with Gasteiger partial charge in [0.15, 0.2) is 11.5 Å². The van der Waals surface area contributed by atoms with Gasteiger partial charge in [-0.05, 0) is 12.1 Å². The van der Waals surface area contributed by atoms with Gasteiger partial charge < -0.3 is 20.1 Å². The van der Waals surface area contributed by atoms with Crippen molar-refractivity contribution in [2.75, 3.05) is 18.5 Å². The molecule has 0 saturated heterocycles. The first kappa shape index (κ1) is 13.9. The highest BCUT2D eigenvalue weighted by atomic mass is 16.6. The Kier molecular flexibility index (Phi) is 3.90. The lowest BCUT2D eigenvalue weighted by molar-refractivity contribution is -0.136. The van der Waals surface area contributed by atoms with Gasteiger partial charge in [0.25, 0.3) is 0 Å². The van der Waals surface area contributed by atoms with Gasteiger partial charge in [0.2, 0.25) is 0 Å². The van der Waals surface area contributed by atoms with Crippen LogP contribution in [0.4, 0.5) is 5.82 Å². The number of hydrogen-bond donors (Lipinski definition) is 3. The highest BCUT2D eigenvalue weighted by Crippen LogP contribution is 2.30. The van der Waals surface area contributed by atoms with E-state index in [9.17, 15) is 9.59 Å². The summed E-state index contributed by atoms with van der Waals surface area (Å²) in [5.41, 5.74) is 0. The van der Waals surface area contributed by atoms with E-state index in [1.165, 1.54) is 6.20 Å². The van der Waals surface area contributed by atoms with Crippen LogP contribution in [0.3, 0.4) is 0 Å². The number of amides is 2. The minimum absolute atomic E-state index is 0.170. The second-order valence-electron chi connectivity index (χ2n) is 4.63. The Bertz CT molecular complexity index is 671. The molecule has 3 rings (SSSR count). The summed E-state index contributed by atoms with van der Waals surface area (Å²) in [6.07, 6.45) is 1.12. The van der Waals surface area contributed by atoms with E-state index in [0.29, 0.717) is 23.9 Å². The minimum atomic E-state index is -0.777. The number of aromatic amines is 1. The van der Waals surface area contributed by atoms with E-state index in [1.807, 2.05) is 18.2 Å². The van der Waals surface area contributed by atoms with Crippen LogP contribution in [0.25, 0.3) is 0 Å².